The van der Waals surface area contributed by atoms with Crippen LogP contribution in [-0.4, -0.2) is 41.0 Å². The van der Waals surface area contributed by atoms with Gasteiger partial charge in [0.1, 0.15) is 3.70 Å². The van der Waals surface area contributed by atoms with Crippen LogP contribution < -0.4 is 5.32 Å². The van der Waals surface area contributed by atoms with E-state index in [1.807, 2.05) is 11.6 Å². The molecule has 14 heavy (non-hydrogen) atoms. The van der Waals surface area contributed by atoms with Gasteiger partial charge in [-0.3, -0.25) is 4.79 Å². The normalized spacial score (nSPS) is 10.0. The Labute approximate surface area is 96.6 Å². The summed E-state index contributed by atoms with van der Waals surface area (Å²) in [6.45, 7) is 0.272. The highest BCUT2D eigenvalue weighted by atomic mass is 127. The van der Waals surface area contributed by atoms with E-state index < -0.39 is 0 Å². The van der Waals surface area contributed by atoms with Crippen molar-refractivity contribution in [2.45, 2.75) is 0 Å². The average Bonchev–Trinajstić information content (AvgIpc) is 2.44. The van der Waals surface area contributed by atoms with E-state index in [1.165, 1.54) is 0 Å². The van der Waals surface area contributed by atoms with Crippen LogP contribution in [0.2, 0.25) is 0 Å². The summed E-state index contributed by atoms with van der Waals surface area (Å²) in [7, 11) is 5.36. The molecule has 0 aliphatic carbocycles. The minimum Gasteiger partial charge on any atom is -0.347 e. The fourth-order valence-corrected chi connectivity index (χ4v) is 1.23. The van der Waals surface area contributed by atoms with Crippen molar-refractivity contribution in [1.29, 1.82) is 0 Å². The van der Waals surface area contributed by atoms with E-state index in [1.54, 1.807) is 25.2 Å². The molecule has 1 N–H and O–H groups in total. The van der Waals surface area contributed by atoms with Crippen LogP contribution in [0.3, 0.4) is 0 Å². The highest BCUT2D eigenvalue weighted by Crippen LogP contribution is 2.09. The molecule has 1 heterocycles. The van der Waals surface area contributed by atoms with Crippen molar-refractivity contribution in [3.63, 3.8) is 0 Å². The summed E-state index contributed by atoms with van der Waals surface area (Å²) in [6, 6.07) is 0. The third kappa shape index (κ3) is 2.60. The van der Waals surface area contributed by atoms with Gasteiger partial charge in [0.05, 0.1) is 12.7 Å². The number of nitrogens with zero attached hydrogens (tertiary/aromatic N) is 3. The maximum atomic E-state index is 11.3. The molecule has 0 unspecified atom stereocenters. The number of nitrogens with one attached hydrogen (secondary N) is 1. The highest BCUT2D eigenvalue weighted by molar-refractivity contribution is 14.1. The minimum atomic E-state index is 0.0306. The molecule has 1 amide bonds. The molecule has 0 fully saturated rings. The van der Waals surface area contributed by atoms with Crippen molar-refractivity contribution in [2.24, 2.45) is 7.05 Å². The van der Waals surface area contributed by atoms with E-state index in [4.69, 9.17) is 0 Å². The van der Waals surface area contributed by atoms with Gasteiger partial charge in [0.2, 0.25) is 11.9 Å². The number of hydrogen-bond acceptors (Lipinski definition) is 3. The van der Waals surface area contributed by atoms with E-state index in [9.17, 15) is 4.79 Å². The molecule has 78 valence electrons. The van der Waals surface area contributed by atoms with Crippen molar-refractivity contribution in [1.82, 2.24) is 14.5 Å². The zero-order valence-corrected chi connectivity index (χ0v) is 10.6. The van der Waals surface area contributed by atoms with Crippen molar-refractivity contribution >= 4 is 34.4 Å². The number of aromatic nitrogens is 2. The summed E-state index contributed by atoms with van der Waals surface area (Å²) < 4.78 is 2.92. The van der Waals surface area contributed by atoms with Gasteiger partial charge in [-0.2, -0.15) is 0 Å². The zero-order chi connectivity index (χ0) is 10.7. The smallest absolute Gasteiger partial charge is 0.241 e. The molecule has 0 atom stereocenters. The number of halogens is 1. The molecule has 0 bridgehead atoms. The van der Waals surface area contributed by atoms with Gasteiger partial charge in [0.15, 0.2) is 0 Å². The molecule has 1 aromatic heterocycles. The number of hydrogen-bond donors (Lipinski definition) is 1. The lowest BCUT2D eigenvalue weighted by molar-refractivity contribution is -0.126. The topological polar surface area (TPSA) is 50.2 Å². The fraction of sp³-hybridized carbons (Fsp3) is 0.500. The Hall–Kier alpha value is -0.790. The second-order valence-electron chi connectivity index (χ2n) is 3.11. The van der Waals surface area contributed by atoms with Gasteiger partial charge in [-0.1, -0.05) is 0 Å². The third-order valence-electron chi connectivity index (χ3n) is 1.83. The molecule has 1 rings (SSSR count). The maximum absolute atomic E-state index is 11.3. The summed E-state index contributed by atoms with van der Waals surface area (Å²) in [5.41, 5.74) is 0. The highest BCUT2D eigenvalue weighted by Gasteiger charge is 2.07. The van der Waals surface area contributed by atoms with Gasteiger partial charge in [-0.15, -0.1) is 0 Å². The van der Waals surface area contributed by atoms with Gasteiger partial charge in [-0.05, 0) is 22.6 Å². The predicted molar refractivity (Wildman–Crippen MR) is 63.1 cm³/mol. The molecular formula is C8H13IN4O. The number of carbonyl (C=O) groups is 1. The maximum Gasteiger partial charge on any atom is 0.241 e. The SMILES string of the molecule is CN(C)C(=O)CNc1ncc(I)n1C. The molecule has 0 radical (unpaired) electrons. The predicted octanol–water partition coefficient (Wildman–Crippen LogP) is 0.525. The Morgan fingerprint density at radius 3 is 2.79 bits per heavy atom. The van der Waals surface area contributed by atoms with Crippen molar-refractivity contribution in [2.75, 3.05) is 26.0 Å². The fourth-order valence-electron chi connectivity index (χ4n) is 0.866. The second-order valence-corrected chi connectivity index (χ2v) is 4.21. The first-order valence-electron chi connectivity index (χ1n) is 4.13. The summed E-state index contributed by atoms with van der Waals surface area (Å²) in [5, 5.41) is 2.97. The van der Waals surface area contributed by atoms with E-state index in [0.29, 0.717) is 5.95 Å². The molecule has 0 saturated carbocycles. The molecular weight excluding hydrogens is 295 g/mol. The molecule has 0 saturated heterocycles. The lowest BCUT2D eigenvalue weighted by Crippen LogP contribution is -2.29. The van der Waals surface area contributed by atoms with E-state index in [-0.39, 0.29) is 12.5 Å². The summed E-state index contributed by atoms with van der Waals surface area (Å²) in [4.78, 5) is 16.9. The van der Waals surface area contributed by atoms with Crippen molar-refractivity contribution < 1.29 is 4.79 Å². The Balaban J connectivity index is 2.54. The second kappa shape index (κ2) is 4.63. The molecule has 0 aliphatic heterocycles. The lowest BCUT2D eigenvalue weighted by atomic mass is 10.5. The van der Waals surface area contributed by atoms with Gasteiger partial charge < -0.3 is 14.8 Å². The van der Waals surface area contributed by atoms with Gasteiger partial charge in [-0.25, -0.2) is 4.98 Å². The summed E-state index contributed by atoms with van der Waals surface area (Å²) >= 11 is 2.18. The van der Waals surface area contributed by atoms with Crippen LogP contribution in [0.15, 0.2) is 6.20 Å². The number of likely N-dealkylation sites (N-methyl/N-ethyl adjacent to an activating group) is 1. The molecule has 0 aromatic carbocycles. The summed E-state index contributed by atoms with van der Waals surface area (Å²) in [6.07, 6.45) is 1.75. The Kier molecular flexibility index (Phi) is 3.73. The summed E-state index contributed by atoms with van der Waals surface area (Å²) in [5.74, 6) is 0.743. The number of anilines is 1. The van der Waals surface area contributed by atoms with Crippen LogP contribution in [0.5, 0.6) is 0 Å². The molecule has 0 spiro atoms. The van der Waals surface area contributed by atoms with Gasteiger partial charge >= 0.3 is 0 Å². The third-order valence-corrected chi connectivity index (χ3v) is 2.83. The van der Waals surface area contributed by atoms with E-state index in [2.05, 4.69) is 32.9 Å². The van der Waals surface area contributed by atoms with Crippen molar-refractivity contribution in [3.05, 3.63) is 9.90 Å². The van der Waals surface area contributed by atoms with Crippen LogP contribution in [0.1, 0.15) is 0 Å². The zero-order valence-electron chi connectivity index (χ0n) is 8.41. The number of imidazole rings is 1. The average molecular weight is 308 g/mol. The number of carbonyl (C=O) groups excluding carboxylic acids is 1. The first-order valence-corrected chi connectivity index (χ1v) is 5.21. The van der Waals surface area contributed by atoms with Gasteiger partial charge in [0, 0.05) is 21.1 Å². The number of amides is 1. The molecule has 5 nitrogen and oxygen atoms in total. The molecule has 0 aliphatic rings. The quantitative estimate of drug-likeness (QED) is 0.829. The monoisotopic (exact) mass is 308 g/mol. The Morgan fingerprint density at radius 2 is 2.36 bits per heavy atom. The first kappa shape index (κ1) is 11.3. The Morgan fingerprint density at radius 1 is 1.71 bits per heavy atom. The van der Waals surface area contributed by atoms with Crippen LogP contribution >= 0.6 is 22.6 Å². The molecule has 1 aromatic rings. The lowest BCUT2D eigenvalue weighted by Gasteiger charge is -2.11. The minimum absolute atomic E-state index is 0.0306. The van der Waals surface area contributed by atoms with Gasteiger partial charge in [0.25, 0.3) is 0 Å². The standard InChI is InChI=1S/C8H13IN4O/c1-12(2)7(14)5-11-8-10-4-6(9)13(8)3/h4H,5H2,1-3H3,(H,10,11). The van der Waals surface area contributed by atoms with Crippen LogP contribution in [0.25, 0.3) is 0 Å². The largest absolute Gasteiger partial charge is 0.347 e. The van der Waals surface area contributed by atoms with E-state index in [0.717, 1.165) is 3.70 Å². The van der Waals surface area contributed by atoms with Crippen LogP contribution in [0.4, 0.5) is 5.95 Å². The van der Waals surface area contributed by atoms with Crippen molar-refractivity contribution in [3.8, 4) is 0 Å². The van der Waals surface area contributed by atoms with Crippen LogP contribution in [0, 0.1) is 3.70 Å². The van der Waals surface area contributed by atoms with Crippen LogP contribution in [-0.2, 0) is 11.8 Å². The first-order chi connectivity index (χ1) is 6.52. The Bertz CT molecular complexity index is 334. The number of rotatable bonds is 3. The van der Waals surface area contributed by atoms with E-state index >= 15 is 0 Å². The molecule has 6 heteroatoms.